The molecular weight excluding hydrogens is 462 g/mol. The van der Waals surface area contributed by atoms with Crippen LogP contribution < -0.4 is 27.4 Å². The van der Waals surface area contributed by atoms with E-state index in [2.05, 4.69) is 20.9 Å². The van der Waals surface area contributed by atoms with Gasteiger partial charge in [0.25, 0.3) is 0 Å². The summed E-state index contributed by atoms with van der Waals surface area (Å²) in [7, 11) is 0. The van der Waals surface area contributed by atoms with Gasteiger partial charge < -0.3 is 32.2 Å². The Labute approximate surface area is 212 Å². The molecule has 5 rings (SSSR count). The lowest BCUT2D eigenvalue weighted by molar-refractivity contribution is 0.0574. The van der Waals surface area contributed by atoms with Crippen molar-refractivity contribution in [1.82, 2.24) is 15.3 Å². The summed E-state index contributed by atoms with van der Waals surface area (Å²) in [6, 6.07) is 8.90. The van der Waals surface area contributed by atoms with E-state index in [-0.39, 0.29) is 11.1 Å². The number of nitrogens with two attached hydrogens (primary N) is 2. The van der Waals surface area contributed by atoms with Crippen LogP contribution in [0.5, 0.6) is 0 Å². The highest BCUT2D eigenvalue weighted by Gasteiger charge is 2.38. The Morgan fingerprint density at radius 3 is 2.40 bits per heavy atom. The molecule has 0 radical (unpaired) electrons. The third kappa shape index (κ3) is 6.62. The Hall–Kier alpha value is -1.97. The maximum Gasteiger partial charge on any atom is 0.126 e. The number of hydrogen-bond donors (Lipinski definition) is 5. The summed E-state index contributed by atoms with van der Waals surface area (Å²) >= 11 is 6.54. The van der Waals surface area contributed by atoms with Crippen molar-refractivity contribution in [2.45, 2.75) is 74.5 Å². The molecule has 2 aliphatic carbocycles. The quantitative estimate of drug-likeness (QED) is 0.355. The third-order valence-corrected chi connectivity index (χ3v) is 8.01. The van der Waals surface area contributed by atoms with Crippen molar-refractivity contribution in [3.8, 4) is 11.3 Å². The van der Waals surface area contributed by atoms with Gasteiger partial charge in [0.2, 0.25) is 0 Å². The summed E-state index contributed by atoms with van der Waals surface area (Å²) in [4.78, 5) is 9.34. The molecule has 3 aliphatic rings. The molecule has 0 bridgehead atoms. The molecule has 2 aromatic heterocycles. The number of nitrogens with zero attached hydrogens (tertiary/aromatic N) is 2. The van der Waals surface area contributed by atoms with E-state index in [1.807, 2.05) is 24.3 Å². The minimum atomic E-state index is -0.264. The molecule has 0 aromatic carbocycles. The fourth-order valence-corrected chi connectivity index (χ4v) is 5.15. The van der Waals surface area contributed by atoms with E-state index < -0.39 is 0 Å². The number of hydrogen-bond acceptors (Lipinski definition) is 8. The van der Waals surface area contributed by atoms with Crippen LogP contribution in [0.4, 0.5) is 11.6 Å². The molecule has 2 aromatic rings. The van der Waals surface area contributed by atoms with E-state index in [0.29, 0.717) is 36.9 Å². The fourth-order valence-electron chi connectivity index (χ4n) is 4.95. The fraction of sp³-hybridized carbons (Fsp3) is 0.615. The van der Waals surface area contributed by atoms with Crippen LogP contribution in [-0.2, 0) is 4.74 Å². The van der Waals surface area contributed by atoms with Crippen LogP contribution in [0.1, 0.15) is 51.4 Å². The normalized spacial score (nSPS) is 25.1. The maximum atomic E-state index is 6.54. The number of nitrogens with one attached hydrogen (secondary N) is 3. The minimum Gasteiger partial charge on any atom is -0.381 e. The van der Waals surface area contributed by atoms with E-state index >= 15 is 0 Å². The average molecular weight is 500 g/mol. The van der Waals surface area contributed by atoms with Gasteiger partial charge in [-0.3, -0.25) is 0 Å². The average Bonchev–Trinajstić information content (AvgIpc) is 3.61. The van der Waals surface area contributed by atoms with Gasteiger partial charge in [-0.2, -0.15) is 0 Å². The number of ether oxygens (including phenoxy) is 1. The topological polar surface area (TPSA) is 123 Å². The van der Waals surface area contributed by atoms with Crippen molar-refractivity contribution in [3.05, 3.63) is 35.5 Å². The molecule has 3 heterocycles. The van der Waals surface area contributed by atoms with Crippen LogP contribution in [0.2, 0.25) is 5.02 Å². The van der Waals surface area contributed by atoms with Gasteiger partial charge in [0.05, 0.1) is 10.7 Å². The molecule has 190 valence electrons. The summed E-state index contributed by atoms with van der Waals surface area (Å²) < 4.78 is 5.45. The molecule has 1 saturated heterocycles. The highest BCUT2D eigenvalue weighted by molar-refractivity contribution is 6.33. The van der Waals surface area contributed by atoms with Crippen LogP contribution in [0.3, 0.4) is 0 Å². The predicted octanol–water partition coefficient (Wildman–Crippen LogP) is 3.52. The Balaban J connectivity index is 1.18. The van der Waals surface area contributed by atoms with Crippen molar-refractivity contribution in [2.75, 3.05) is 36.9 Å². The van der Waals surface area contributed by atoms with Crippen LogP contribution in [0, 0.1) is 0 Å². The molecule has 9 heteroatoms. The molecule has 8 nitrogen and oxygen atoms in total. The summed E-state index contributed by atoms with van der Waals surface area (Å²) in [6.45, 7) is 3.02. The van der Waals surface area contributed by atoms with Crippen molar-refractivity contribution in [1.29, 1.82) is 0 Å². The molecule has 3 fully saturated rings. The molecule has 2 saturated carbocycles. The zero-order chi connectivity index (χ0) is 24.3. The first-order valence-corrected chi connectivity index (χ1v) is 13.3. The molecule has 0 atom stereocenters. The van der Waals surface area contributed by atoms with E-state index in [0.717, 1.165) is 80.8 Å². The van der Waals surface area contributed by atoms with E-state index in [4.69, 9.17) is 32.8 Å². The Bertz CT molecular complexity index is 1000. The molecule has 0 amide bonds. The maximum absolute atomic E-state index is 6.54. The van der Waals surface area contributed by atoms with Gasteiger partial charge in [0.15, 0.2) is 0 Å². The van der Waals surface area contributed by atoms with Gasteiger partial charge in [-0.25, -0.2) is 9.97 Å². The largest absolute Gasteiger partial charge is 0.381 e. The summed E-state index contributed by atoms with van der Waals surface area (Å²) in [5.41, 5.74) is 14.2. The van der Waals surface area contributed by atoms with Crippen molar-refractivity contribution in [3.63, 3.8) is 0 Å². The summed E-state index contributed by atoms with van der Waals surface area (Å²) in [5.74, 6) is 1.63. The number of halogens is 1. The number of pyridine rings is 2. The SMILES string of the molecule is NC1(CNc2cccc(-c3cc(N[C@H]4CC[C@H](NCC5(N)CC5)CC4)ncc3Cl)n2)CCOCC1. The van der Waals surface area contributed by atoms with Gasteiger partial charge >= 0.3 is 0 Å². The van der Waals surface area contributed by atoms with Crippen molar-refractivity contribution in [2.24, 2.45) is 11.5 Å². The van der Waals surface area contributed by atoms with Crippen LogP contribution in [-0.4, -0.2) is 59.4 Å². The third-order valence-electron chi connectivity index (χ3n) is 7.70. The van der Waals surface area contributed by atoms with Crippen molar-refractivity contribution >= 4 is 23.2 Å². The second-order valence-corrected chi connectivity index (χ2v) is 11.1. The number of anilines is 2. The van der Waals surface area contributed by atoms with Gasteiger partial charge in [-0.15, -0.1) is 0 Å². The van der Waals surface area contributed by atoms with Gasteiger partial charge in [0.1, 0.15) is 11.6 Å². The molecule has 0 spiro atoms. The van der Waals surface area contributed by atoms with E-state index in [9.17, 15) is 0 Å². The number of aromatic nitrogens is 2. The smallest absolute Gasteiger partial charge is 0.126 e. The molecule has 0 unspecified atom stereocenters. The lowest BCUT2D eigenvalue weighted by Gasteiger charge is -2.33. The van der Waals surface area contributed by atoms with Crippen LogP contribution >= 0.6 is 11.6 Å². The number of rotatable bonds is 9. The first-order valence-electron chi connectivity index (χ1n) is 12.9. The van der Waals surface area contributed by atoms with Crippen LogP contribution in [0.25, 0.3) is 11.3 Å². The van der Waals surface area contributed by atoms with Crippen molar-refractivity contribution < 1.29 is 4.74 Å². The predicted molar refractivity (Wildman–Crippen MR) is 142 cm³/mol. The molecule has 7 N–H and O–H groups in total. The lowest BCUT2D eigenvalue weighted by Crippen LogP contribution is -2.50. The lowest BCUT2D eigenvalue weighted by atomic mass is 9.91. The summed E-state index contributed by atoms with van der Waals surface area (Å²) in [6.07, 6.45) is 10.2. The van der Waals surface area contributed by atoms with Gasteiger partial charge in [-0.05, 0) is 69.6 Å². The minimum absolute atomic E-state index is 0.0656. The Morgan fingerprint density at radius 2 is 1.66 bits per heavy atom. The molecule has 1 aliphatic heterocycles. The van der Waals surface area contributed by atoms with E-state index in [1.165, 1.54) is 0 Å². The zero-order valence-electron chi connectivity index (χ0n) is 20.4. The van der Waals surface area contributed by atoms with Gasteiger partial charge in [0, 0.05) is 61.2 Å². The second-order valence-electron chi connectivity index (χ2n) is 10.7. The van der Waals surface area contributed by atoms with Crippen LogP contribution in [0.15, 0.2) is 30.5 Å². The zero-order valence-corrected chi connectivity index (χ0v) is 21.1. The van der Waals surface area contributed by atoms with E-state index in [1.54, 1.807) is 6.20 Å². The van der Waals surface area contributed by atoms with Gasteiger partial charge in [-0.1, -0.05) is 17.7 Å². The molecular formula is C26H38ClN7O. The molecule has 35 heavy (non-hydrogen) atoms. The summed E-state index contributed by atoms with van der Waals surface area (Å²) in [5, 5.41) is 11.3. The first kappa shape index (κ1) is 24.7. The first-order chi connectivity index (χ1) is 16.9. The standard InChI is InChI=1S/C26H38ClN7O/c27-21-15-30-24(33-19-6-4-18(5-7-19)31-16-25(28)8-9-25)14-20(21)22-2-1-3-23(34-22)32-17-26(29)10-12-35-13-11-26/h1-3,14-15,18-19,31H,4-13,16-17,28-29H2,(H,30,33)(H,32,34)/t18-,19-. The Kier molecular flexibility index (Phi) is 7.46. The monoisotopic (exact) mass is 499 g/mol. The second kappa shape index (κ2) is 10.6. The highest BCUT2D eigenvalue weighted by Crippen LogP contribution is 2.33. The highest BCUT2D eigenvalue weighted by atomic mass is 35.5. The Morgan fingerprint density at radius 1 is 0.943 bits per heavy atom.